The Morgan fingerprint density at radius 3 is 2.27 bits per heavy atom. The molecule has 1 N–H and O–H groups in total. The van der Waals surface area contributed by atoms with Gasteiger partial charge in [0.2, 0.25) is 11.8 Å². The van der Waals surface area contributed by atoms with E-state index in [0.717, 1.165) is 11.0 Å². The second kappa shape index (κ2) is 2.84. The highest BCUT2D eigenvalue weighted by atomic mass is 16.3. The molecule has 0 saturated carbocycles. The summed E-state index contributed by atoms with van der Waals surface area (Å²) in [4.78, 5) is 22.6. The standard InChI is InChI=1S/C7H9NO3/c1-2-5(9)8-6(10)3-4-7(8)11/h2,5,9H,1,3-4H2. The first-order valence-corrected chi connectivity index (χ1v) is 3.32. The summed E-state index contributed by atoms with van der Waals surface area (Å²) in [6, 6.07) is 0. The average Bonchev–Trinajstić information content (AvgIpc) is 2.30. The molecule has 0 radical (unpaired) electrons. The Hall–Kier alpha value is -1.16. The van der Waals surface area contributed by atoms with Crippen LogP contribution in [-0.4, -0.2) is 28.0 Å². The summed E-state index contributed by atoms with van der Waals surface area (Å²) in [7, 11) is 0. The Balaban J connectivity index is 2.75. The minimum absolute atomic E-state index is 0.198. The first-order valence-electron chi connectivity index (χ1n) is 3.32. The summed E-state index contributed by atoms with van der Waals surface area (Å²) in [5.41, 5.74) is 0. The van der Waals surface area contributed by atoms with Gasteiger partial charge in [-0.15, -0.1) is 0 Å². The maximum absolute atomic E-state index is 10.9. The Bertz CT molecular complexity index is 196. The van der Waals surface area contributed by atoms with Crippen LogP contribution in [0.5, 0.6) is 0 Å². The second-order valence-electron chi connectivity index (χ2n) is 2.31. The maximum Gasteiger partial charge on any atom is 0.232 e. The van der Waals surface area contributed by atoms with Crippen LogP contribution in [0.2, 0.25) is 0 Å². The van der Waals surface area contributed by atoms with Crippen molar-refractivity contribution in [3.8, 4) is 0 Å². The minimum atomic E-state index is -1.16. The lowest BCUT2D eigenvalue weighted by atomic mass is 10.4. The molecular formula is C7H9NO3. The van der Waals surface area contributed by atoms with Crippen molar-refractivity contribution in [2.75, 3.05) is 0 Å². The van der Waals surface area contributed by atoms with Gasteiger partial charge in [-0.3, -0.25) is 14.5 Å². The molecule has 1 atom stereocenters. The van der Waals surface area contributed by atoms with Gasteiger partial charge in [0, 0.05) is 12.8 Å². The summed E-state index contributed by atoms with van der Waals surface area (Å²) >= 11 is 0. The third-order valence-corrected chi connectivity index (χ3v) is 1.57. The summed E-state index contributed by atoms with van der Waals surface area (Å²) in [5, 5.41) is 9.06. The molecule has 2 amide bonds. The minimum Gasteiger partial charge on any atom is -0.369 e. The summed E-state index contributed by atoms with van der Waals surface area (Å²) in [5.74, 6) is -0.662. The highest BCUT2D eigenvalue weighted by molar-refractivity contribution is 6.02. The van der Waals surface area contributed by atoms with Gasteiger partial charge in [-0.1, -0.05) is 6.58 Å². The first kappa shape index (κ1) is 7.94. The number of hydrogen-bond acceptors (Lipinski definition) is 3. The fourth-order valence-electron chi connectivity index (χ4n) is 0.994. The van der Waals surface area contributed by atoms with E-state index in [2.05, 4.69) is 6.58 Å². The zero-order chi connectivity index (χ0) is 8.43. The largest absolute Gasteiger partial charge is 0.369 e. The molecule has 0 aliphatic carbocycles. The highest BCUT2D eigenvalue weighted by Crippen LogP contribution is 2.14. The topological polar surface area (TPSA) is 57.6 Å². The van der Waals surface area contributed by atoms with E-state index in [4.69, 9.17) is 5.11 Å². The van der Waals surface area contributed by atoms with Gasteiger partial charge in [0.1, 0.15) is 0 Å². The number of likely N-dealkylation sites (tertiary alicyclic amines) is 1. The van der Waals surface area contributed by atoms with E-state index in [1.807, 2.05) is 0 Å². The molecule has 0 aromatic carbocycles. The van der Waals surface area contributed by atoms with Crippen molar-refractivity contribution in [2.45, 2.75) is 19.1 Å². The molecule has 1 aliphatic heterocycles. The first-order chi connectivity index (χ1) is 5.16. The fraction of sp³-hybridized carbons (Fsp3) is 0.429. The van der Waals surface area contributed by atoms with Crippen LogP contribution in [-0.2, 0) is 9.59 Å². The molecule has 1 saturated heterocycles. The lowest BCUT2D eigenvalue weighted by Crippen LogP contribution is -2.37. The van der Waals surface area contributed by atoms with Gasteiger partial charge < -0.3 is 5.11 Å². The third kappa shape index (κ3) is 1.30. The number of rotatable bonds is 2. The highest BCUT2D eigenvalue weighted by Gasteiger charge is 2.32. The van der Waals surface area contributed by atoms with E-state index in [0.29, 0.717) is 0 Å². The molecule has 4 heteroatoms. The van der Waals surface area contributed by atoms with E-state index < -0.39 is 6.23 Å². The van der Waals surface area contributed by atoms with Crippen molar-refractivity contribution in [3.63, 3.8) is 0 Å². The number of carbonyl (C=O) groups is 2. The molecule has 0 aromatic rings. The van der Waals surface area contributed by atoms with E-state index >= 15 is 0 Å². The molecule has 60 valence electrons. The molecule has 0 aromatic heterocycles. The van der Waals surface area contributed by atoms with Crippen LogP contribution < -0.4 is 0 Å². The van der Waals surface area contributed by atoms with Gasteiger partial charge >= 0.3 is 0 Å². The van der Waals surface area contributed by atoms with Gasteiger partial charge in [0.25, 0.3) is 0 Å². The van der Waals surface area contributed by atoms with Crippen molar-refractivity contribution in [2.24, 2.45) is 0 Å². The van der Waals surface area contributed by atoms with Crippen molar-refractivity contribution < 1.29 is 14.7 Å². The van der Waals surface area contributed by atoms with Crippen molar-refractivity contribution in [1.29, 1.82) is 0 Å². The van der Waals surface area contributed by atoms with Crippen molar-refractivity contribution in [1.82, 2.24) is 4.90 Å². The number of aliphatic hydroxyl groups is 1. The van der Waals surface area contributed by atoms with Crippen LogP contribution in [0.3, 0.4) is 0 Å². The molecule has 1 fully saturated rings. The molecule has 1 rings (SSSR count). The van der Waals surface area contributed by atoms with Crippen LogP contribution >= 0.6 is 0 Å². The van der Waals surface area contributed by atoms with Crippen LogP contribution in [0.15, 0.2) is 12.7 Å². The zero-order valence-corrected chi connectivity index (χ0v) is 5.99. The van der Waals surface area contributed by atoms with Crippen LogP contribution in [0.25, 0.3) is 0 Å². The number of amides is 2. The Morgan fingerprint density at radius 2 is 1.91 bits per heavy atom. The van der Waals surface area contributed by atoms with E-state index in [1.54, 1.807) is 0 Å². The Labute approximate surface area is 64.1 Å². The fourth-order valence-corrected chi connectivity index (χ4v) is 0.994. The third-order valence-electron chi connectivity index (χ3n) is 1.57. The molecule has 1 aliphatic rings. The summed E-state index contributed by atoms with van der Waals surface area (Å²) in [6.07, 6.45) is 0.395. The van der Waals surface area contributed by atoms with E-state index in [9.17, 15) is 9.59 Å². The SMILES string of the molecule is C=CC(O)N1C(=O)CCC1=O. The van der Waals surface area contributed by atoms with Gasteiger partial charge in [0.15, 0.2) is 6.23 Å². The Kier molecular flexibility index (Phi) is 2.05. The van der Waals surface area contributed by atoms with Crippen LogP contribution in [0, 0.1) is 0 Å². The number of aliphatic hydroxyl groups excluding tert-OH is 1. The second-order valence-corrected chi connectivity index (χ2v) is 2.31. The molecular weight excluding hydrogens is 146 g/mol. The predicted octanol–water partition coefficient (Wildman–Crippen LogP) is -0.360. The molecule has 1 heterocycles. The normalized spacial score (nSPS) is 20.6. The van der Waals surface area contributed by atoms with Gasteiger partial charge in [-0.2, -0.15) is 0 Å². The van der Waals surface area contributed by atoms with Crippen molar-refractivity contribution >= 4 is 11.8 Å². The maximum atomic E-state index is 10.9. The number of carbonyl (C=O) groups excluding carboxylic acids is 2. The van der Waals surface area contributed by atoms with Gasteiger partial charge in [-0.25, -0.2) is 0 Å². The zero-order valence-electron chi connectivity index (χ0n) is 5.99. The van der Waals surface area contributed by atoms with Crippen molar-refractivity contribution in [3.05, 3.63) is 12.7 Å². The monoisotopic (exact) mass is 155 g/mol. The molecule has 0 bridgehead atoms. The van der Waals surface area contributed by atoms with Gasteiger partial charge in [-0.05, 0) is 6.08 Å². The molecule has 4 nitrogen and oxygen atoms in total. The smallest absolute Gasteiger partial charge is 0.232 e. The average molecular weight is 155 g/mol. The lowest BCUT2D eigenvalue weighted by molar-refractivity contribution is -0.146. The molecule has 11 heavy (non-hydrogen) atoms. The summed E-state index contributed by atoms with van der Waals surface area (Å²) in [6.45, 7) is 3.28. The Morgan fingerprint density at radius 1 is 1.45 bits per heavy atom. The predicted molar refractivity (Wildman–Crippen MR) is 37.3 cm³/mol. The van der Waals surface area contributed by atoms with Crippen LogP contribution in [0.4, 0.5) is 0 Å². The van der Waals surface area contributed by atoms with E-state index in [1.165, 1.54) is 0 Å². The van der Waals surface area contributed by atoms with Gasteiger partial charge in [0.05, 0.1) is 0 Å². The number of imide groups is 1. The number of hydrogen-bond donors (Lipinski definition) is 1. The quantitative estimate of drug-likeness (QED) is 0.437. The molecule has 0 spiro atoms. The van der Waals surface area contributed by atoms with E-state index in [-0.39, 0.29) is 24.7 Å². The number of nitrogens with zero attached hydrogens (tertiary/aromatic N) is 1. The van der Waals surface area contributed by atoms with Crippen LogP contribution in [0.1, 0.15) is 12.8 Å². The molecule has 1 unspecified atom stereocenters. The lowest BCUT2D eigenvalue weighted by Gasteiger charge is -2.16. The summed E-state index contributed by atoms with van der Waals surface area (Å²) < 4.78 is 0.